The normalized spacial score (nSPS) is 23.4. The zero-order valence-corrected chi connectivity index (χ0v) is 11.0. The third-order valence-electron chi connectivity index (χ3n) is 3.30. The topological polar surface area (TPSA) is 70.1 Å². The largest absolute Gasteiger partial charge is 0.433 e. The Labute approximate surface area is 114 Å². The monoisotopic (exact) mass is 290 g/mol. The molecule has 3 N–H and O–H groups in total. The fourth-order valence-corrected chi connectivity index (χ4v) is 2.25. The van der Waals surface area contributed by atoms with Gasteiger partial charge in [0.05, 0.1) is 12.1 Å². The van der Waals surface area contributed by atoms with E-state index in [0.717, 1.165) is 18.9 Å². The molecule has 112 valence electrons. The van der Waals surface area contributed by atoms with Crippen LogP contribution in [0.2, 0.25) is 0 Å². The molecule has 1 aliphatic rings. The minimum absolute atomic E-state index is 0.0719. The Morgan fingerprint density at radius 1 is 1.25 bits per heavy atom. The number of rotatable bonds is 3. The highest BCUT2D eigenvalue weighted by molar-refractivity contribution is 5.43. The minimum atomic E-state index is -4.53. The molecule has 0 saturated heterocycles. The molecule has 5 nitrogen and oxygen atoms in total. The molecule has 2 unspecified atom stereocenters. The number of aromatic nitrogens is 2. The minimum Gasteiger partial charge on any atom is -0.391 e. The summed E-state index contributed by atoms with van der Waals surface area (Å²) in [5, 5.41) is 15.2. The zero-order valence-electron chi connectivity index (χ0n) is 11.0. The standard InChI is InChI=1S/C12H17F3N4O/c1-16-11-18-9(12(13,14)15)6-10(19-11)17-7-4-2-3-5-8(7)20/h6-8,20H,2-5H2,1H3,(H2,16,17,18,19). The third-order valence-corrected chi connectivity index (χ3v) is 3.30. The van der Waals surface area contributed by atoms with Gasteiger partial charge in [0.2, 0.25) is 5.95 Å². The zero-order chi connectivity index (χ0) is 14.8. The van der Waals surface area contributed by atoms with Gasteiger partial charge in [0.15, 0.2) is 5.69 Å². The van der Waals surface area contributed by atoms with Crippen LogP contribution in [0.25, 0.3) is 0 Å². The van der Waals surface area contributed by atoms with Gasteiger partial charge in [-0.2, -0.15) is 18.2 Å². The lowest BCUT2D eigenvalue weighted by molar-refractivity contribution is -0.141. The number of alkyl halides is 3. The van der Waals surface area contributed by atoms with Gasteiger partial charge in [-0.15, -0.1) is 0 Å². The molecule has 8 heteroatoms. The van der Waals surface area contributed by atoms with Crippen molar-refractivity contribution in [2.24, 2.45) is 0 Å². The molecule has 0 spiro atoms. The molecule has 2 atom stereocenters. The predicted molar refractivity (Wildman–Crippen MR) is 68.5 cm³/mol. The average Bonchev–Trinajstić information content (AvgIpc) is 2.40. The van der Waals surface area contributed by atoms with E-state index >= 15 is 0 Å². The first-order chi connectivity index (χ1) is 9.40. The van der Waals surface area contributed by atoms with Gasteiger partial charge in [-0.1, -0.05) is 12.8 Å². The Hall–Kier alpha value is -1.57. The van der Waals surface area contributed by atoms with Crippen molar-refractivity contribution in [3.05, 3.63) is 11.8 Å². The Morgan fingerprint density at radius 3 is 2.55 bits per heavy atom. The van der Waals surface area contributed by atoms with Gasteiger partial charge in [-0.25, -0.2) is 4.98 Å². The van der Waals surface area contributed by atoms with E-state index < -0.39 is 18.0 Å². The van der Waals surface area contributed by atoms with Crippen LogP contribution < -0.4 is 10.6 Å². The van der Waals surface area contributed by atoms with Crippen LogP contribution in [-0.2, 0) is 6.18 Å². The molecule has 1 aromatic rings. The van der Waals surface area contributed by atoms with E-state index in [0.29, 0.717) is 12.8 Å². The highest BCUT2D eigenvalue weighted by Crippen LogP contribution is 2.30. The summed E-state index contributed by atoms with van der Waals surface area (Å²) in [5.74, 6) is -0.0322. The fraction of sp³-hybridized carbons (Fsp3) is 0.667. The van der Waals surface area contributed by atoms with Crippen molar-refractivity contribution in [2.45, 2.75) is 44.0 Å². The molecule has 1 aliphatic carbocycles. The number of nitrogens with one attached hydrogen (secondary N) is 2. The Bertz CT molecular complexity index is 467. The quantitative estimate of drug-likeness (QED) is 0.796. The van der Waals surface area contributed by atoms with Gasteiger partial charge in [0.25, 0.3) is 0 Å². The molecule has 1 saturated carbocycles. The molecular weight excluding hydrogens is 273 g/mol. The summed E-state index contributed by atoms with van der Waals surface area (Å²) >= 11 is 0. The van der Waals surface area contributed by atoms with E-state index in [1.165, 1.54) is 7.05 Å². The SMILES string of the molecule is CNc1nc(NC2CCCCC2O)cc(C(F)(F)F)n1. The first-order valence-corrected chi connectivity index (χ1v) is 6.49. The molecule has 2 rings (SSSR count). The Balaban J connectivity index is 2.22. The van der Waals surface area contributed by atoms with Gasteiger partial charge in [0.1, 0.15) is 5.82 Å². The molecule has 0 amide bonds. The Kier molecular flexibility index (Phi) is 4.32. The van der Waals surface area contributed by atoms with Gasteiger partial charge in [-0.05, 0) is 12.8 Å². The molecule has 20 heavy (non-hydrogen) atoms. The van der Waals surface area contributed by atoms with Crippen LogP contribution >= 0.6 is 0 Å². The smallest absolute Gasteiger partial charge is 0.391 e. The molecular formula is C12H17F3N4O. The van der Waals surface area contributed by atoms with E-state index in [2.05, 4.69) is 20.6 Å². The maximum absolute atomic E-state index is 12.7. The van der Waals surface area contributed by atoms with Gasteiger partial charge < -0.3 is 15.7 Å². The number of hydrogen-bond donors (Lipinski definition) is 3. The van der Waals surface area contributed by atoms with Crippen molar-refractivity contribution in [1.29, 1.82) is 0 Å². The number of halogens is 3. The predicted octanol–water partition coefficient (Wildman–Crippen LogP) is 2.25. The van der Waals surface area contributed by atoms with Crippen LogP contribution in [-0.4, -0.2) is 34.3 Å². The van der Waals surface area contributed by atoms with Crippen LogP contribution in [0.5, 0.6) is 0 Å². The fourth-order valence-electron chi connectivity index (χ4n) is 2.25. The van der Waals surface area contributed by atoms with Gasteiger partial charge in [0, 0.05) is 13.1 Å². The van der Waals surface area contributed by atoms with E-state index in [1.54, 1.807) is 0 Å². The van der Waals surface area contributed by atoms with Crippen LogP contribution in [0, 0.1) is 0 Å². The molecule has 1 fully saturated rings. The molecule has 0 aliphatic heterocycles. The first-order valence-electron chi connectivity index (χ1n) is 6.49. The summed E-state index contributed by atoms with van der Waals surface area (Å²) in [5.41, 5.74) is -1.01. The van der Waals surface area contributed by atoms with Crippen molar-refractivity contribution in [3.8, 4) is 0 Å². The molecule has 0 bridgehead atoms. The molecule has 1 aromatic heterocycles. The first kappa shape index (κ1) is 14.8. The number of aliphatic hydroxyl groups is 1. The van der Waals surface area contributed by atoms with Crippen molar-refractivity contribution in [3.63, 3.8) is 0 Å². The van der Waals surface area contributed by atoms with E-state index in [4.69, 9.17) is 0 Å². The second kappa shape index (κ2) is 5.82. The maximum Gasteiger partial charge on any atom is 0.433 e. The van der Waals surface area contributed by atoms with Crippen molar-refractivity contribution in [1.82, 2.24) is 9.97 Å². The van der Waals surface area contributed by atoms with Crippen LogP contribution in [0.4, 0.5) is 24.9 Å². The molecule has 0 aromatic carbocycles. The summed E-state index contributed by atoms with van der Waals surface area (Å²) in [6, 6.07) is 0.590. The third kappa shape index (κ3) is 3.50. The second-order valence-corrected chi connectivity index (χ2v) is 4.81. The van der Waals surface area contributed by atoms with Crippen molar-refractivity contribution < 1.29 is 18.3 Å². The summed E-state index contributed by atoms with van der Waals surface area (Å²) in [6.45, 7) is 0. The van der Waals surface area contributed by atoms with Crippen LogP contribution in [0.15, 0.2) is 6.07 Å². The van der Waals surface area contributed by atoms with Crippen LogP contribution in [0.3, 0.4) is 0 Å². The second-order valence-electron chi connectivity index (χ2n) is 4.81. The van der Waals surface area contributed by atoms with Crippen molar-refractivity contribution in [2.75, 3.05) is 17.7 Å². The average molecular weight is 290 g/mol. The summed E-state index contributed by atoms with van der Waals surface area (Å²) in [7, 11) is 1.45. The summed E-state index contributed by atoms with van der Waals surface area (Å²) < 4.78 is 38.2. The van der Waals surface area contributed by atoms with E-state index in [1.807, 2.05) is 0 Å². The van der Waals surface area contributed by atoms with Gasteiger partial charge in [-0.3, -0.25) is 0 Å². The number of anilines is 2. The lowest BCUT2D eigenvalue weighted by Gasteiger charge is -2.29. The van der Waals surface area contributed by atoms with Gasteiger partial charge >= 0.3 is 6.18 Å². The van der Waals surface area contributed by atoms with E-state index in [9.17, 15) is 18.3 Å². The summed E-state index contributed by atoms with van der Waals surface area (Å²) in [4.78, 5) is 7.34. The lowest BCUT2D eigenvalue weighted by atomic mass is 9.92. The Morgan fingerprint density at radius 2 is 1.95 bits per heavy atom. The lowest BCUT2D eigenvalue weighted by Crippen LogP contribution is -2.36. The van der Waals surface area contributed by atoms with Crippen LogP contribution in [0.1, 0.15) is 31.4 Å². The molecule has 1 heterocycles. The number of hydrogen-bond acceptors (Lipinski definition) is 5. The number of aliphatic hydroxyl groups excluding tert-OH is 1. The highest BCUT2D eigenvalue weighted by atomic mass is 19.4. The van der Waals surface area contributed by atoms with E-state index in [-0.39, 0.29) is 17.8 Å². The number of nitrogens with zero attached hydrogens (tertiary/aromatic N) is 2. The highest BCUT2D eigenvalue weighted by Gasteiger charge is 2.34. The maximum atomic E-state index is 12.7. The summed E-state index contributed by atoms with van der Waals surface area (Å²) in [6.07, 6.45) is -1.87. The molecule has 0 radical (unpaired) electrons. The van der Waals surface area contributed by atoms with Crippen molar-refractivity contribution >= 4 is 11.8 Å².